The third kappa shape index (κ3) is 2.77. The van der Waals surface area contributed by atoms with Gasteiger partial charge in [0.2, 0.25) is 0 Å². The van der Waals surface area contributed by atoms with Crippen molar-refractivity contribution >= 4 is 11.8 Å². The highest BCUT2D eigenvalue weighted by Crippen LogP contribution is 2.32. The third-order valence-corrected chi connectivity index (χ3v) is 4.43. The van der Waals surface area contributed by atoms with Gasteiger partial charge in [-0.3, -0.25) is 0 Å². The van der Waals surface area contributed by atoms with Crippen molar-refractivity contribution in [2.45, 2.75) is 19.3 Å². The molecule has 2 saturated heterocycles. The van der Waals surface area contributed by atoms with Crippen LogP contribution >= 0.6 is 0 Å². The summed E-state index contributed by atoms with van der Waals surface area (Å²) in [5, 5.41) is 9.01. The molecule has 0 aromatic carbocycles. The number of nitrogens with zero attached hydrogens (tertiary/aromatic N) is 2. The Morgan fingerprint density at radius 3 is 2.80 bits per heavy atom. The summed E-state index contributed by atoms with van der Waals surface area (Å²) in [4.78, 5) is 17.4. The molecule has 3 heterocycles. The van der Waals surface area contributed by atoms with Crippen LogP contribution in [0.5, 0.6) is 0 Å². The lowest BCUT2D eigenvalue weighted by Gasteiger charge is -2.27. The summed E-state index contributed by atoms with van der Waals surface area (Å²) in [6, 6.07) is 5.21. The lowest BCUT2D eigenvalue weighted by atomic mass is 9.85. The summed E-state index contributed by atoms with van der Waals surface area (Å²) in [6.45, 7) is 3.72. The summed E-state index contributed by atoms with van der Waals surface area (Å²) >= 11 is 0. The predicted molar refractivity (Wildman–Crippen MR) is 75.1 cm³/mol. The molecule has 2 fully saturated rings. The molecule has 0 saturated carbocycles. The minimum absolute atomic E-state index is 0.122. The van der Waals surface area contributed by atoms with Crippen molar-refractivity contribution in [3.63, 3.8) is 0 Å². The van der Waals surface area contributed by atoms with E-state index in [4.69, 9.17) is 9.84 Å². The molecule has 2 aliphatic heterocycles. The van der Waals surface area contributed by atoms with Gasteiger partial charge in [-0.05, 0) is 43.2 Å². The maximum absolute atomic E-state index is 11.0. The van der Waals surface area contributed by atoms with Crippen LogP contribution in [0.1, 0.15) is 29.8 Å². The molecular weight excluding hydrogens is 256 g/mol. The van der Waals surface area contributed by atoms with Gasteiger partial charge in [0.25, 0.3) is 0 Å². The van der Waals surface area contributed by atoms with Crippen LogP contribution in [0.2, 0.25) is 0 Å². The lowest BCUT2D eigenvalue weighted by molar-refractivity contribution is 0.0500. The quantitative estimate of drug-likeness (QED) is 0.915. The lowest BCUT2D eigenvalue weighted by Crippen LogP contribution is -2.27. The van der Waals surface area contributed by atoms with E-state index in [0.29, 0.717) is 5.92 Å². The molecule has 2 aliphatic rings. The Morgan fingerprint density at radius 1 is 1.25 bits per heavy atom. The molecule has 1 unspecified atom stereocenters. The van der Waals surface area contributed by atoms with E-state index in [1.165, 1.54) is 12.5 Å². The largest absolute Gasteiger partial charge is 0.477 e. The summed E-state index contributed by atoms with van der Waals surface area (Å²) < 4.78 is 5.42. The van der Waals surface area contributed by atoms with Gasteiger partial charge >= 0.3 is 5.97 Å². The van der Waals surface area contributed by atoms with E-state index in [0.717, 1.165) is 50.9 Å². The number of carbonyl (C=O) groups is 1. The minimum atomic E-state index is -0.966. The molecule has 0 aliphatic carbocycles. The van der Waals surface area contributed by atoms with Crippen LogP contribution in [0.15, 0.2) is 18.2 Å². The highest BCUT2D eigenvalue weighted by Gasteiger charge is 2.31. The molecule has 3 rings (SSSR count). The van der Waals surface area contributed by atoms with Crippen LogP contribution < -0.4 is 4.90 Å². The van der Waals surface area contributed by atoms with Gasteiger partial charge < -0.3 is 14.7 Å². The van der Waals surface area contributed by atoms with Gasteiger partial charge in [-0.15, -0.1) is 0 Å². The zero-order valence-corrected chi connectivity index (χ0v) is 11.5. The van der Waals surface area contributed by atoms with Crippen molar-refractivity contribution in [1.29, 1.82) is 0 Å². The first-order valence-electron chi connectivity index (χ1n) is 7.27. The number of aromatic nitrogens is 1. The molecule has 1 N–H and O–H groups in total. The molecule has 0 spiro atoms. The van der Waals surface area contributed by atoms with Crippen LogP contribution in [0, 0.1) is 11.8 Å². The fourth-order valence-corrected chi connectivity index (χ4v) is 3.29. The number of rotatable bonds is 3. The van der Waals surface area contributed by atoms with E-state index >= 15 is 0 Å². The van der Waals surface area contributed by atoms with Gasteiger partial charge in [-0.2, -0.15) is 0 Å². The van der Waals surface area contributed by atoms with Crippen molar-refractivity contribution in [3.05, 3.63) is 23.9 Å². The van der Waals surface area contributed by atoms with E-state index in [2.05, 4.69) is 9.88 Å². The molecule has 0 amide bonds. The molecule has 0 bridgehead atoms. The maximum Gasteiger partial charge on any atom is 0.354 e. The Balaban J connectivity index is 1.67. The number of ether oxygens (including phenoxy) is 1. The minimum Gasteiger partial charge on any atom is -0.477 e. The second kappa shape index (κ2) is 5.79. The summed E-state index contributed by atoms with van der Waals surface area (Å²) in [5.74, 6) is 1.26. The SMILES string of the molecule is O=C(O)c1cccc(N2CCC(C3CCOCC3)C2)n1. The highest BCUT2D eigenvalue weighted by molar-refractivity contribution is 5.85. The number of pyridine rings is 1. The number of anilines is 1. The molecule has 5 nitrogen and oxygen atoms in total. The smallest absolute Gasteiger partial charge is 0.354 e. The Labute approximate surface area is 118 Å². The average molecular weight is 276 g/mol. The third-order valence-electron chi connectivity index (χ3n) is 4.43. The predicted octanol–water partition coefficient (Wildman–Crippen LogP) is 2.03. The first kappa shape index (κ1) is 13.4. The van der Waals surface area contributed by atoms with Gasteiger partial charge in [-0.25, -0.2) is 9.78 Å². The number of hydrogen-bond donors (Lipinski definition) is 1. The van der Waals surface area contributed by atoms with Gasteiger partial charge in [0.1, 0.15) is 5.82 Å². The Hall–Kier alpha value is -1.62. The Kier molecular flexibility index (Phi) is 3.87. The van der Waals surface area contributed by atoms with Crippen LogP contribution in [-0.2, 0) is 4.74 Å². The first-order valence-corrected chi connectivity index (χ1v) is 7.27. The number of hydrogen-bond acceptors (Lipinski definition) is 4. The van der Waals surface area contributed by atoms with Crippen molar-refractivity contribution in [1.82, 2.24) is 4.98 Å². The zero-order chi connectivity index (χ0) is 13.9. The molecule has 1 aromatic heterocycles. The second-order valence-electron chi connectivity index (χ2n) is 5.63. The van der Waals surface area contributed by atoms with Crippen molar-refractivity contribution < 1.29 is 14.6 Å². The van der Waals surface area contributed by atoms with Gasteiger partial charge in [0.05, 0.1) is 0 Å². The van der Waals surface area contributed by atoms with Gasteiger partial charge in [-0.1, -0.05) is 6.07 Å². The first-order chi connectivity index (χ1) is 9.74. The number of carboxylic acid groups (broad SMARTS) is 1. The van der Waals surface area contributed by atoms with E-state index in [-0.39, 0.29) is 5.69 Å². The topological polar surface area (TPSA) is 62.7 Å². The van der Waals surface area contributed by atoms with Crippen molar-refractivity contribution in [2.75, 3.05) is 31.2 Å². The number of carboxylic acids is 1. The average Bonchev–Trinajstić information content (AvgIpc) is 2.98. The maximum atomic E-state index is 11.0. The molecule has 0 radical (unpaired) electrons. The van der Waals surface area contributed by atoms with Crippen molar-refractivity contribution in [2.24, 2.45) is 11.8 Å². The normalized spacial score (nSPS) is 24.0. The summed E-state index contributed by atoms with van der Waals surface area (Å²) in [6.07, 6.45) is 3.48. The van der Waals surface area contributed by atoms with Crippen LogP contribution in [0.3, 0.4) is 0 Å². The monoisotopic (exact) mass is 276 g/mol. The van der Waals surface area contributed by atoms with Crippen LogP contribution in [0.4, 0.5) is 5.82 Å². The molecule has 20 heavy (non-hydrogen) atoms. The highest BCUT2D eigenvalue weighted by atomic mass is 16.5. The Bertz CT molecular complexity index is 486. The van der Waals surface area contributed by atoms with E-state index in [1.807, 2.05) is 6.07 Å². The van der Waals surface area contributed by atoms with Crippen molar-refractivity contribution in [3.8, 4) is 0 Å². The fourth-order valence-electron chi connectivity index (χ4n) is 3.29. The van der Waals surface area contributed by atoms with E-state index in [1.54, 1.807) is 6.07 Å². The molecule has 5 heteroatoms. The fraction of sp³-hybridized carbons (Fsp3) is 0.600. The molecule has 1 atom stereocenters. The molecule has 1 aromatic rings. The number of aromatic carboxylic acids is 1. The molecular formula is C15H20N2O3. The van der Waals surface area contributed by atoms with Gasteiger partial charge in [0, 0.05) is 26.3 Å². The molecule has 108 valence electrons. The van der Waals surface area contributed by atoms with Crippen LogP contribution in [-0.4, -0.2) is 42.4 Å². The van der Waals surface area contributed by atoms with Gasteiger partial charge in [0.15, 0.2) is 5.69 Å². The zero-order valence-electron chi connectivity index (χ0n) is 11.5. The summed E-state index contributed by atoms with van der Waals surface area (Å²) in [5.41, 5.74) is 0.122. The van der Waals surface area contributed by atoms with E-state index < -0.39 is 5.97 Å². The summed E-state index contributed by atoms with van der Waals surface area (Å²) in [7, 11) is 0. The standard InChI is InChI=1S/C15H20N2O3/c18-15(19)13-2-1-3-14(16-13)17-7-4-12(10-17)11-5-8-20-9-6-11/h1-3,11-12H,4-10H2,(H,18,19). The second-order valence-corrected chi connectivity index (χ2v) is 5.63. The van der Waals surface area contributed by atoms with Crippen LogP contribution in [0.25, 0.3) is 0 Å². The van der Waals surface area contributed by atoms with E-state index in [9.17, 15) is 4.79 Å². The Morgan fingerprint density at radius 2 is 2.05 bits per heavy atom.